The van der Waals surface area contributed by atoms with E-state index in [0.29, 0.717) is 13.0 Å². The van der Waals surface area contributed by atoms with Crippen LogP contribution in [0, 0.1) is 0 Å². The van der Waals surface area contributed by atoms with Crippen LogP contribution in [0.1, 0.15) is 33.6 Å². The monoisotopic (exact) mass is 274 g/mol. The second-order valence-electron chi connectivity index (χ2n) is 6.42. The highest BCUT2D eigenvalue weighted by Gasteiger charge is 2.40. The third-order valence-electron chi connectivity index (χ3n) is 3.97. The Labute approximate surface area is 111 Å². The summed E-state index contributed by atoms with van der Waals surface area (Å²) < 4.78 is 16.5. The zero-order valence-electron chi connectivity index (χ0n) is 12.4. The van der Waals surface area contributed by atoms with Crippen molar-refractivity contribution in [3.63, 3.8) is 0 Å². The van der Waals surface area contributed by atoms with Crippen LogP contribution in [0.15, 0.2) is 0 Å². The average molecular weight is 274 g/mol. The lowest BCUT2D eigenvalue weighted by molar-refractivity contribution is -0.160. The zero-order valence-corrected chi connectivity index (χ0v) is 13.4. The topological polar surface area (TPSA) is 44.8 Å². The summed E-state index contributed by atoms with van der Waals surface area (Å²) in [6, 6.07) is 0. The molecule has 0 aromatic rings. The Morgan fingerprint density at radius 1 is 1.28 bits per heavy atom. The molecule has 18 heavy (non-hydrogen) atoms. The third-order valence-corrected chi connectivity index (χ3v) is 8.50. The fraction of sp³-hybridized carbons (Fsp3) is 0.923. The fourth-order valence-corrected chi connectivity index (χ4v) is 3.10. The summed E-state index contributed by atoms with van der Waals surface area (Å²) in [6.07, 6.45) is 1.26. The summed E-state index contributed by atoms with van der Waals surface area (Å²) in [6.45, 7) is 11.6. The minimum Gasteiger partial charge on any atom is -0.467 e. The third kappa shape index (κ3) is 3.80. The number of methoxy groups -OCH3 is 1. The first-order valence-electron chi connectivity index (χ1n) is 6.54. The molecular weight excluding hydrogens is 248 g/mol. The van der Waals surface area contributed by atoms with Crippen LogP contribution in [0.3, 0.4) is 0 Å². The van der Waals surface area contributed by atoms with Gasteiger partial charge in [0, 0.05) is 0 Å². The van der Waals surface area contributed by atoms with Gasteiger partial charge in [0.1, 0.15) is 0 Å². The summed E-state index contributed by atoms with van der Waals surface area (Å²) in [7, 11) is -0.353. The standard InChI is InChI=1S/C13H26O4Si/c1-13(2,3)18(5,6)17-10-7-8-11(16-9-10)12(14)15-4/h10-11H,7-9H2,1-6H3. The second-order valence-corrected chi connectivity index (χ2v) is 11.2. The van der Waals surface area contributed by atoms with E-state index >= 15 is 0 Å². The normalized spacial score (nSPS) is 25.9. The molecule has 1 aliphatic heterocycles. The summed E-state index contributed by atoms with van der Waals surface area (Å²) in [5, 5.41) is 0.201. The Hall–Kier alpha value is -0.393. The first-order chi connectivity index (χ1) is 8.17. The van der Waals surface area contributed by atoms with E-state index in [4.69, 9.17) is 9.16 Å². The Balaban J connectivity index is 2.47. The lowest BCUT2D eigenvalue weighted by Crippen LogP contribution is -2.47. The quantitative estimate of drug-likeness (QED) is 0.586. The van der Waals surface area contributed by atoms with E-state index < -0.39 is 14.4 Å². The van der Waals surface area contributed by atoms with Crippen molar-refractivity contribution in [2.75, 3.05) is 13.7 Å². The van der Waals surface area contributed by atoms with Crippen molar-refractivity contribution in [3.05, 3.63) is 0 Å². The van der Waals surface area contributed by atoms with Crippen LogP contribution in [0.2, 0.25) is 18.1 Å². The number of ether oxygens (including phenoxy) is 2. The highest BCUT2D eigenvalue weighted by Crippen LogP contribution is 2.38. The smallest absolute Gasteiger partial charge is 0.334 e. The number of carbonyl (C=O) groups is 1. The van der Waals surface area contributed by atoms with Gasteiger partial charge in [0.05, 0.1) is 19.8 Å². The highest BCUT2D eigenvalue weighted by molar-refractivity contribution is 6.74. The van der Waals surface area contributed by atoms with Crippen molar-refractivity contribution >= 4 is 14.3 Å². The van der Waals surface area contributed by atoms with E-state index in [1.54, 1.807) is 0 Å². The Morgan fingerprint density at radius 2 is 1.89 bits per heavy atom. The van der Waals surface area contributed by atoms with E-state index in [1.807, 2.05) is 0 Å². The number of hydrogen-bond acceptors (Lipinski definition) is 4. The van der Waals surface area contributed by atoms with E-state index in [1.165, 1.54) is 7.11 Å². The number of rotatable bonds is 3. The van der Waals surface area contributed by atoms with Crippen LogP contribution >= 0.6 is 0 Å². The van der Waals surface area contributed by atoms with E-state index in [0.717, 1.165) is 6.42 Å². The summed E-state index contributed by atoms with van der Waals surface area (Å²) in [4.78, 5) is 11.3. The molecule has 0 saturated carbocycles. The molecular formula is C13H26O4Si. The molecule has 0 bridgehead atoms. The van der Waals surface area contributed by atoms with Gasteiger partial charge in [0.25, 0.3) is 0 Å². The molecule has 1 fully saturated rings. The molecule has 1 saturated heterocycles. The van der Waals surface area contributed by atoms with Gasteiger partial charge in [-0.05, 0) is 31.0 Å². The molecule has 5 heteroatoms. The van der Waals surface area contributed by atoms with Crippen molar-refractivity contribution in [2.24, 2.45) is 0 Å². The molecule has 1 aliphatic rings. The summed E-state index contributed by atoms with van der Waals surface area (Å²) in [5.41, 5.74) is 0. The first-order valence-corrected chi connectivity index (χ1v) is 9.45. The van der Waals surface area contributed by atoms with E-state index in [-0.39, 0.29) is 17.1 Å². The maximum Gasteiger partial charge on any atom is 0.334 e. The first kappa shape index (κ1) is 15.7. The Kier molecular flexibility index (Phi) is 4.97. The molecule has 1 rings (SSSR count). The van der Waals surface area contributed by atoms with Gasteiger partial charge < -0.3 is 13.9 Å². The van der Waals surface area contributed by atoms with Gasteiger partial charge in [-0.3, -0.25) is 0 Å². The lowest BCUT2D eigenvalue weighted by atomic mass is 10.1. The van der Waals surface area contributed by atoms with Gasteiger partial charge >= 0.3 is 5.97 Å². The minimum absolute atomic E-state index is 0.117. The van der Waals surface area contributed by atoms with E-state index in [2.05, 4.69) is 38.6 Å². The minimum atomic E-state index is -1.75. The van der Waals surface area contributed by atoms with Crippen molar-refractivity contribution < 1.29 is 18.7 Å². The summed E-state index contributed by atoms with van der Waals surface area (Å²) in [5.74, 6) is -0.277. The van der Waals surface area contributed by atoms with Crippen molar-refractivity contribution in [2.45, 2.75) is 64.0 Å². The Morgan fingerprint density at radius 3 is 2.28 bits per heavy atom. The molecule has 4 nitrogen and oxygen atoms in total. The molecule has 0 radical (unpaired) electrons. The number of esters is 1. The summed E-state index contributed by atoms with van der Waals surface area (Å²) >= 11 is 0. The van der Waals surface area contributed by atoms with Crippen LogP contribution < -0.4 is 0 Å². The number of hydrogen-bond donors (Lipinski definition) is 0. The molecule has 0 amide bonds. The van der Waals surface area contributed by atoms with Gasteiger partial charge in [0.2, 0.25) is 0 Å². The largest absolute Gasteiger partial charge is 0.467 e. The second kappa shape index (κ2) is 5.71. The van der Waals surface area contributed by atoms with Crippen molar-refractivity contribution in [3.8, 4) is 0 Å². The fourth-order valence-electron chi connectivity index (χ4n) is 1.73. The molecule has 0 aliphatic carbocycles. The van der Waals surface area contributed by atoms with Gasteiger partial charge in [-0.1, -0.05) is 20.8 Å². The van der Waals surface area contributed by atoms with E-state index in [9.17, 15) is 4.79 Å². The van der Waals surface area contributed by atoms with Crippen molar-refractivity contribution in [1.29, 1.82) is 0 Å². The van der Waals surface area contributed by atoms with Gasteiger partial charge in [0.15, 0.2) is 14.4 Å². The van der Waals surface area contributed by atoms with Crippen LogP contribution in [0.5, 0.6) is 0 Å². The molecule has 2 unspecified atom stereocenters. The molecule has 1 heterocycles. The van der Waals surface area contributed by atoms with Crippen LogP contribution in [-0.2, 0) is 18.7 Å². The molecule has 2 atom stereocenters. The highest BCUT2D eigenvalue weighted by atomic mass is 28.4. The maximum atomic E-state index is 11.3. The Bertz CT molecular complexity index is 288. The predicted octanol–water partition coefficient (Wildman–Crippen LogP) is 2.73. The van der Waals surface area contributed by atoms with Crippen LogP contribution in [0.4, 0.5) is 0 Å². The van der Waals surface area contributed by atoms with Gasteiger partial charge in [-0.25, -0.2) is 4.79 Å². The van der Waals surface area contributed by atoms with Crippen molar-refractivity contribution in [1.82, 2.24) is 0 Å². The predicted molar refractivity (Wildman–Crippen MR) is 73.1 cm³/mol. The van der Waals surface area contributed by atoms with Gasteiger partial charge in [-0.2, -0.15) is 0 Å². The van der Waals surface area contributed by atoms with Gasteiger partial charge in [-0.15, -0.1) is 0 Å². The maximum absolute atomic E-state index is 11.3. The molecule has 0 spiro atoms. The molecule has 106 valence electrons. The molecule has 0 aromatic carbocycles. The SMILES string of the molecule is COC(=O)C1CCC(O[Si](C)(C)C(C)(C)C)CO1. The van der Waals surface area contributed by atoms with Crippen LogP contribution in [0.25, 0.3) is 0 Å². The van der Waals surface area contributed by atoms with Crippen LogP contribution in [-0.4, -0.2) is 40.2 Å². The average Bonchev–Trinajstić information content (AvgIpc) is 2.27. The molecule has 0 aromatic heterocycles. The number of carbonyl (C=O) groups excluding carboxylic acids is 1. The molecule has 0 N–H and O–H groups in total. The zero-order chi connectivity index (χ0) is 14.0. The lowest BCUT2D eigenvalue weighted by Gasteiger charge is -2.40.